The van der Waals surface area contributed by atoms with Crippen molar-refractivity contribution in [1.82, 2.24) is 0 Å². The van der Waals surface area contributed by atoms with Crippen LogP contribution in [0.25, 0.3) is 11.1 Å². The minimum Gasteiger partial charge on any atom is -0.462 e. The summed E-state index contributed by atoms with van der Waals surface area (Å²) in [6.45, 7) is 2.99. The van der Waals surface area contributed by atoms with Crippen molar-refractivity contribution in [2.24, 2.45) is 0 Å². The lowest BCUT2D eigenvalue weighted by molar-refractivity contribution is -0.395. The number of hydrogen-bond donors (Lipinski definition) is 1. The van der Waals surface area contributed by atoms with E-state index < -0.39 is 33.1 Å². The van der Waals surface area contributed by atoms with Gasteiger partial charge in [-0.15, -0.1) is 11.3 Å². The van der Waals surface area contributed by atoms with Crippen molar-refractivity contribution in [3.8, 4) is 11.1 Å². The summed E-state index contributed by atoms with van der Waals surface area (Å²) in [5.41, 5.74) is -0.200. The Balaban J connectivity index is 2.05. The molecular formula is C21H16BrN3O7S. The van der Waals surface area contributed by atoms with Crippen LogP contribution in [0.4, 0.5) is 16.4 Å². The number of carbonyl (C=O) groups is 2. The van der Waals surface area contributed by atoms with Gasteiger partial charge in [-0.1, -0.05) is 28.1 Å². The lowest BCUT2D eigenvalue weighted by Crippen LogP contribution is -2.15. The summed E-state index contributed by atoms with van der Waals surface area (Å²) in [5.74, 6) is -1.50. The van der Waals surface area contributed by atoms with Gasteiger partial charge in [0.2, 0.25) is 0 Å². The number of nitrogens with zero attached hydrogens (tertiary/aromatic N) is 2. The molecule has 12 heteroatoms. The van der Waals surface area contributed by atoms with Gasteiger partial charge in [0.05, 0.1) is 22.0 Å². The zero-order valence-electron chi connectivity index (χ0n) is 17.3. The number of thiophene rings is 1. The van der Waals surface area contributed by atoms with E-state index in [-0.39, 0.29) is 28.3 Å². The Kier molecular flexibility index (Phi) is 7.19. The second kappa shape index (κ2) is 9.88. The van der Waals surface area contributed by atoms with Gasteiger partial charge >= 0.3 is 5.97 Å². The van der Waals surface area contributed by atoms with Crippen molar-refractivity contribution >= 4 is 55.5 Å². The lowest BCUT2D eigenvalue weighted by Gasteiger charge is -2.09. The van der Waals surface area contributed by atoms with Crippen LogP contribution in [-0.2, 0) is 4.74 Å². The van der Waals surface area contributed by atoms with Gasteiger partial charge in [0.25, 0.3) is 17.3 Å². The Bertz CT molecular complexity index is 1240. The predicted octanol–water partition coefficient (Wildman–Crippen LogP) is 5.73. The highest BCUT2D eigenvalue weighted by atomic mass is 79.9. The molecule has 3 aromatic rings. The van der Waals surface area contributed by atoms with Crippen molar-refractivity contribution in [3.63, 3.8) is 0 Å². The van der Waals surface area contributed by atoms with Crippen LogP contribution in [-0.4, -0.2) is 28.3 Å². The lowest BCUT2D eigenvalue weighted by atomic mass is 10.0. The zero-order valence-corrected chi connectivity index (χ0v) is 19.7. The molecule has 33 heavy (non-hydrogen) atoms. The summed E-state index contributed by atoms with van der Waals surface area (Å²) >= 11 is 4.41. The van der Waals surface area contributed by atoms with Gasteiger partial charge in [-0.25, -0.2) is 4.79 Å². The number of halogens is 1. The van der Waals surface area contributed by atoms with Crippen molar-refractivity contribution in [3.05, 3.63) is 83.2 Å². The Morgan fingerprint density at radius 1 is 1.09 bits per heavy atom. The maximum Gasteiger partial charge on any atom is 0.341 e. The molecule has 0 spiro atoms. The third-order valence-corrected chi connectivity index (χ3v) is 6.09. The molecule has 0 aliphatic rings. The number of amides is 1. The third kappa shape index (κ3) is 5.07. The quantitative estimate of drug-likeness (QED) is 0.232. The maximum absolute atomic E-state index is 12.9. The molecule has 0 atom stereocenters. The first-order valence-corrected chi connectivity index (χ1v) is 11.1. The monoisotopic (exact) mass is 533 g/mol. The summed E-state index contributed by atoms with van der Waals surface area (Å²) in [4.78, 5) is 46.6. The largest absolute Gasteiger partial charge is 0.462 e. The Hall–Kier alpha value is -3.64. The van der Waals surface area contributed by atoms with Gasteiger partial charge in [-0.2, -0.15) is 0 Å². The fraction of sp³-hybridized carbons (Fsp3) is 0.143. The zero-order chi connectivity index (χ0) is 24.3. The number of nitro groups is 2. The van der Waals surface area contributed by atoms with Gasteiger partial charge in [0.1, 0.15) is 16.1 Å². The molecule has 0 saturated carbocycles. The molecule has 1 N–H and O–H groups in total. The van der Waals surface area contributed by atoms with Crippen molar-refractivity contribution in [2.75, 3.05) is 11.9 Å². The minimum absolute atomic E-state index is 0.109. The third-order valence-electron chi connectivity index (χ3n) is 4.66. The molecule has 3 rings (SSSR count). The first kappa shape index (κ1) is 24.0. The normalized spacial score (nSPS) is 10.5. The highest BCUT2D eigenvalue weighted by Gasteiger charge is 2.27. The van der Waals surface area contributed by atoms with Crippen molar-refractivity contribution in [1.29, 1.82) is 0 Å². The SMILES string of the molecule is CCOC(=O)c1c(-c2ccc(Br)cc2)csc1NC(=O)c1cc([N+](=O)[O-])c(C)c([N+](=O)[O-])c1. The van der Waals surface area contributed by atoms with Crippen molar-refractivity contribution < 1.29 is 24.2 Å². The highest BCUT2D eigenvalue weighted by Crippen LogP contribution is 2.37. The molecule has 1 amide bonds. The molecule has 0 saturated heterocycles. The van der Waals surface area contributed by atoms with E-state index in [0.29, 0.717) is 11.1 Å². The van der Waals surface area contributed by atoms with Crippen LogP contribution in [0, 0.1) is 27.2 Å². The number of nitro benzene ring substituents is 2. The van der Waals surface area contributed by atoms with Gasteiger partial charge in [0, 0.05) is 27.5 Å². The van der Waals surface area contributed by atoms with E-state index in [1.807, 2.05) is 0 Å². The number of ether oxygens (including phenoxy) is 1. The fourth-order valence-electron chi connectivity index (χ4n) is 3.07. The van der Waals surface area contributed by atoms with E-state index in [1.165, 1.54) is 6.92 Å². The topological polar surface area (TPSA) is 142 Å². The molecule has 170 valence electrons. The molecule has 0 radical (unpaired) electrons. The molecule has 1 heterocycles. The fourth-order valence-corrected chi connectivity index (χ4v) is 4.28. The van der Waals surface area contributed by atoms with Crippen LogP contribution in [0.3, 0.4) is 0 Å². The Labute approximate surface area is 199 Å². The molecule has 0 aliphatic carbocycles. The average molecular weight is 534 g/mol. The number of benzene rings is 2. The maximum atomic E-state index is 12.9. The van der Waals surface area contributed by atoms with Crippen LogP contribution >= 0.6 is 27.3 Å². The number of esters is 1. The van der Waals surface area contributed by atoms with Crippen LogP contribution in [0.5, 0.6) is 0 Å². The molecular weight excluding hydrogens is 518 g/mol. The second-order valence-corrected chi connectivity index (χ2v) is 8.48. The molecule has 2 aromatic carbocycles. The first-order chi connectivity index (χ1) is 15.6. The van der Waals surface area contributed by atoms with E-state index in [9.17, 15) is 29.8 Å². The number of nitrogens with one attached hydrogen (secondary N) is 1. The van der Waals surface area contributed by atoms with E-state index in [1.54, 1.807) is 36.6 Å². The smallest absolute Gasteiger partial charge is 0.341 e. The first-order valence-electron chi connectivity index (χ1n) is 9.43. The highest BCUT2D eigenvalue weighted by molar-refractivity contribution is 9.10. The summed E-state index contributed by atoms with van der Waals surface area (Å²) < 4.78 is 5.99. The summed E-state index contributed by atoms with van der Waals surface area (Å²) in [5, 5.41) is 27.0. The van der Waals surface area contributed by atoms with Crippen LogP contribution in [0.15, 0.2) is 46.3 Å². The average Bonchev–Trinajstić information content (AvgIpc) is 3.17. The molecule has 10 nitrogen and oxygen atoms in total. The number of anilines is 1. The number of rotatable bonds is 7. The summed E-state index contributed by atoms with van der Waals surface area (Å²) in [7, 11) is 0. The molecule has 0 fully saturated rings. The van der Waals surface area contributed by atoms with Crippen molar-refractivity contribution in [2.45, 2.75) is 13.8 Å². The Morgan fingerprint density at radius 3 is 2.18 bits per heavy atom. The van der Waals surface area contributed by atoms with Crippen LogP contribution in [0.1, 0.15) is 33.2 Å². The van der Waals surface area contributed by atoms with Gasteiger partial charge in [0.15, 0.2) is 0 Å². The number of hydrogen-bond acceptors (Lipinski definition) is 8. The predicted molar refractivity (Wildman–Crippen MR) is 126 cm³/mol. The van der Waals surface area contributed by atoms with E-state index >= 15 is 0 Å². The standard InChI is InChI=1S/C21H16BrN3O7S/c1-3-32-21(27)18-15(12-4-6-14(22)7-5-12)10-33-20(18)23-19(26)13-8-16(24(28)29)11(2)17(9-13)25(30)31/h4-10H,3H2,1-2H3,(H,23,26). The summed E-state index contributed by atoms with van der Waals surface area (Å²) in [6.07, 6.45) is 0. The van der Waals surface area contributed by atoms with E-state index in [2.05, 4.69) is 21.2 Å². The van der Waals surface area contributed by atoms with Gasteiger partial charge < -0.3 is 10.1 Å². The van der Waals surface area contributed by atoms with Gasteiger partial charge in [-0.3, -0.25) is 25.0 Å². The van der Waals surface area contributed by atoms with Crippen LogP contribution < -0.4 is 5.32 Å². The van der Waals surface area contributed by atoms with E-state index in [0.717, 1.165) is 27.9 Å². The molecule has 0 bridgehead atoms. The minimum atomic E-state index is -0.837. The number of carbonyl (C=O) groups excluding carboxylic acids is 2. The Morgan fingerprint density at radius 2 is 1.67 bits per heavy atom. The molecule has 0 aliphatic heterocycles. The molecule has 0 unspecified atom stereocenters. The van der Waals surface area contributed by atoms with Crippen LogP contribution in [0.2, 0.25) is 0 Å². The van der Waals surface area contributed by atoms with E-state index in [4.69, 9.17) is 4.74 Å². The summed E-state index contributed by atoms with van der Waals surface area (Å²) in [6, 6.07) is 9.09. The molecule has 1 aromatic heterocycles. The van der Waals surface area contributed by atoms with Gasteiger partial charge in [-0.05, 0) is 31.5 Å². The second-order valence-electron chi connectivity index (χ2n) is 6.69.